The van der Waals surface area contributed by atoms with E-state index in [9.17, 15) is 4.48 Å². The molecule has 0 heterocycles. The highest BCUT2D eigenvalue weighted by atomic mass is 19.2. The number of likely N-dealkylation sites (N-methyl/N-ethyl adjacent to an activating group) is 2. The van der Waals surface area contributed by atoms with E-state index in [0.717, 1.165) is 13.1 Å². The fourth-order valence-corrected chi connectivity index (χ4v) is 0.467. The molecule has 0 spiro atoms. The number of rotatable bonds is 4. The molecule has 0 aromatic carbocycles. The van der Waals surface area contributed by atoms with E-state index in [2.05, 4.69) is 11.8 Å². The first-order chi connectivity index (χ1) is 4.16. The fraction of sp³-hybridized carbons (Fsp3) is 1.00. The second-order valence-electron chi connectivity index (χ2n) is 2.22. The van der Waals surface area contributed by atoms with Gasteiger partial charge in [0.2, 0.25) is 0 Å². The minimum Gasteiger partial charge on any atom is -0.305 e. The van der Waals surface area contributed by atoms with Crippen molar-refractivity contribution in [3.63, 3.8) is 0 Å². The highest BCUT2D eigenvalue weighted by Crippen LogP contribution is 1.84. The monoisotopic (exact) mass is 134 g/mol. The van der Waals surface area contributed by atoms with Crippen LogP contribution in [0.4, 0.5) is 4.48 Å². The van der Waals surface area contributed by atoms with Gasteiger partial charge >= 0.3 is 0 Å². The molecule has 56 valence electrons. The van der Waals surface area contributed by atoms with Crippen LogP contribution in [-0.2, 0) is 0 Å². The molecule has 0 aromatic rings. The van der Waals surface area contributed by atoms with Gasteiger partial charge < -0.3 is 4.90 Å². The van der Waals surface area contributed by atoms with Crippen molar-refractivity contribution in [2.24, 2.45) is 0 Å². The molecule has 9 heavy (non-hydrogen) atoms. The van der Waals surface area contributed by atoms with Crippen LogP contribution >= 0.6 is 0 Å². The van der Waals surface area contributed by atoms with E-state index >= 15 is 0 Å². The summed E-state index contributed by atoms with van der Waals surface area (Å²) in [7, 11) is 3.41. The third-order valence-corrected chi connectivity index (χ3v) is 1.33. The topological polar surface area (TPSA) is 6.48 Å². The Hall–Kier alpha value is -0.150. The van der Waals surface area contributed by atoms with Crippen LogP contribution in [0.1, 0.15) is 6.92 Å². The van der Waals surface area contributed by atoms with Gasteiger partial charge in [-0.15, -0.1) is 9.60 Å². The van der Waals surface area contributed by atoms with E-state index in [1.54, 1.807) is 0 Å². The Morgan fingerprint density at radius 1 is 1.22 bits per heavy atom. The van der Waals surface area contributed by atoms with Crippen molar-refractivity contribution in [3.8, 4) is 0 Å². The van der Waals surface area contributed by atoms with Crippen LogP contribution in [-0.4, -0.2) is 43.8 Å². The molecule has 2 nitrogen and oxygen atoms in total. The van der Waals surface area contributed by atoms with Gasteiger partial charge in [0, 0.05) is 20.1 Å². The van der Waals surface area contributed by atoms with Gasteiger partial charge in [-0.2, -0.15) is 0 Å². The van der Waals surface area contributed by atoms with Gasteiger partial charge in [-0.05, 0) is 13.6 Å². The van der Waals surface area contributed by atoms with Crippen molar-refractivity contribution in [2.45, 2.75) is 6.92 Å². The van der Waals surface area contributed by atoms with Gasteiger partial charge in [0.25, 0.3) is 0 Å². The fourth-order valence-electron chi connectivity index (χ4n) is 0.467. The van der Waals surface area contributed by atoms with Crippen molar-refractivity contribution in [1.29, 1.82) is 0 Å². The van der Waals surface area contributed by atoms with Gasteiger partial charge in [-0.25, -0.2) is 0 Å². The number of hydrogen-bond acceptors (Lipinski definition) is 2. The lowest BCUT2D eigenvalue weighted by Crippen LogP contribution is -2.26. The Balaban J connectivity index is 3.06. The third-order valence-electron chi connectivity index (χ3n) is 1.33. The maximum atomic E-state index is 12.0. The van der Waals surface area contributed by atoms with Crippen LogP contribution < -0.4 is 0 Å². The van der Waals surface area contributed by atoms with Gasteiger partial charge in [0.05, 0.1) is 0 Å². The maximum Gasteiger partial charge on any atom is 0.0414 e. The Morgan fingerprint density at radius 2 is 1.78 bits per heavy atom. The standard InChI is InChI=1S/C6H15FN2/c1-4-8(2)5-6-9(3)7/h4-6H2,1-3H3. The molecular formula is C6H15FN2. The van der Waals surface area contributed by atoms with Crippen molar-refractivity contribution >= 4 is 0 Å². The molecule has 0 aliphatic carbocycles. The minimum absolute atomic E-state index is 0.490. The predicted octanol–water partition coefficient (Wildman–Crippen LogP) is 0.754. The maximum absolute atomic E-state index is 12.0. The summed E-state index contributed by atoms with van der Waals surface area (Å²) in [5, 5.41) is 0.701. The molecule has 0 amide bonds. The molecule has 0 saturated heterocycles. The number of hydrogen-bond donors (Lipinski definition) is 0. The number of nitrogens with zero attached hydrogens (tertiary/aromatic N) is 2. The van der Waals surface area contributed by atoms with Crippen LogP contribution in [0.2, 0.25) is 0 Å². The third kappa shape index (κ3) is 5.73. The van der Waals surface area contributed by atoms with Crippen molar-refractivity contribution in [3.05, 3.63) is 0 Å². The summed E-state index contributed by atoms with van der Waals surface area (Å²) in [5.41, 5.74) is 0. The summed E-state index contributed by atoms with van der Waals surface area (Å²) in [4.78, 5) is 2.07. The highest BCUT2D eigenvalue weighted by Gasteiger charge is 1.96. The zero-order valence-corrected chi connectivity index (χ0v) is 6.39. The van der Waals surface area contributed by atoms with Crippen LogP contribution in [0, 0.1) is 0 Å². The molecule has 0 saturated carbocycles. The molecule has 0 N–H and O–H groups in total. The lowest BCUT2D eigenvalue weighted by molar-refractivity contribution is 0.0508. The largest absolute Gasteiger partial charge is 0.305 e. The van der Waals surface area contributed by atoms with Crippen LogP contribution in [0.3, 0.4) is 0 Å². The molecule has 0 aromatic heterocycles. The molecular weight excluding hydrogens is 119 g/mol. The second-order valence-corrected chi connectivity index (χ2v) is 2.22. The van der Waals surface area contributed by atoms with E-state index in [1.165, 1.54) is 7.05 Å². The zero-order valence-electron chi connectivity index (χ0n) is 6.39. The van der Waals surface area contributed by atoms with Crippen LogP contribution in [0.5, 0.6) is 0 Å². The van der Waals surface area contributed by atoms with E-state index in [4.69, 9.17) is 0 Å². The van der Waals surface area contributed by atoms with E-state index in [-0.39, 0.29) is 0 Å². The summed E-state index contributed by atoms with van der Waals surface area (Å²) in [6.07, 6.45) is 0. The molecule has 0 fully saturated rings. The second kappa shape index (κ2) is 4.70. The highest BCUT2D eigenvalue weighted by molar-refractivity contribution is 4.47. The lowest BCUT2D eigenvalue weighted by atomic mass is 10.5. The molecule has 0 aliphatic rings. The predicted molar refractivity (Wildman–Crippen MR) is 36.9 cm³/mol. The van der Waals surface area contributed by atoms with E-state index in [0.29, 0.717) is 11.7 Å². The van der Waals surface area contributed by atoms with Crippen LogP contribution in [0.25, 0.3) is 0 Å². The minimum atomic E-state index is 0.490. The van der Waals surface area contributed by atoms with Gasteiger partial charge in [-0.1, -0.05) is 6.92 Å². The zero-order chi connectivity index (χ0) is 7.28. The number of halogens is 1. The molecule has 0 rings (SSSR count). The Morgan fingerprint density at radius 3 is 2.11 bits per heavy atom. The van der Waals surface area contributed by atoms with E-state index < -0.39 is 0 Å². The van der Waals surface area contributed by atoms with E-state index in [1.807, 2.05) is 7.05 Å². The average molecular weight is 134 g/mol. The molecule has 0 aliphatic heterocycles. The first-order valence-corrected chi connectivity index (χ1v) is 3.22. The normalized spacial score (nSPS) is 11.3. The summed E-state index contributed by atoms with van der Waals surface area (Å²) in [6, 6.07) is 0. The molecule has 0 atom stereocenters. The first kappa shape index (κ1) is 8.85. The first-order valence-electron chi connectivity index (χ1n) is 3.22. The SMILES string of the molecule is CCN(C)CCN(C)F. The van der Waals surface area contributed by atoms with Gasteiger partial charge in [0.15, 0.2) is 0 Å². The Kier molecular flexibility index (Phi) is 4.62. The Bertz CT molecular complexity index is 66.1. The lowest BCUT2D eigenvalue weighted by Gasteiger charge is -2.14. The molecule has 0 bridgehead atoms. The molecule has 3 heteroatoms. The quantitative estimate of drug-likeness (QED) is 0.524. The summed E-state index contributed by atoms with van der Waals surface area (Å²) < 4.78 is 12.0. The summed E-state index contributed by atoms with van der Waals surface area (Å²) in [5.74, 6) is 0. The van der Waals surface area contributed by atoms with Crippen molar-refractivity contribution < 1.29 is 4.48 Å². The average Bonchev–Trinajstić information content (AvgIpc) is 1.83. The molecule has 0 unspecified atom stereocenters. The van der Waals surface area contributed by atoms with Crippen molar-refractivity contribution in [2.75, 3.05) is 33.7 Å². The summed E-state index contributed by atoms with van der Waals surface area (Å²) in [6.45, 7) is 4.32. The summed E-state index contributed by atoms with van der Waals surface area (Å²) >= 11 is 0. The van der Waals surface area contributed by atoms with Gasteiger partial charge in [0.1, 0.15) is 0 Å². The molecule has 0 radical (unpaired) electrons. The van der Waals surface area contributed by atoms with Gasteiger partial charge in [-0.3, -0.25) is 0 Å². The smallest absolute Gasteiger partial charge is 0.0414 e. The van der Waals surface area contributed by atoms with Crippen molar-refractivity contribution in [1.82, 2.24) is 10.0 Å². The van der Waals surface area contributed by atoms with Crippen LogP contribution in [0.15, 0.2) is 0 Å². The Labute approximate surface area is 56.2 Å².